The third-order valence-electron chi connectivity index (χ3n) is 3.93. The maximum Gasteiger partial charge on any atom is 0.243 e. The Kier molecular flexibility index (Phi) is 4.32. The van der Waals surface area contributed by atoms with E-state index in [2.05, 4.69) is 10.8 Å². The predicted octanol–water partition coefficient (Wildman–Crippen LogP) is 1.85. The minimum atomic E-state index is -4.45. The van der Waals surface area contributed by atoms with Crippen molar-refractivity contribution in [2.45, 2.75) is 43.6 Å². The van der Waals surface area contributed by atoms with Crippen molar-refractivity contribution in [3.63, 3.8) is 0 Å². The highest BCUT2D eigenvalue weighted by molar-refractivity contribution is 7.96. The van der Waals surface area contributed by atoms with E-state index >= 15 is 0 Å². The maximum absolute atomic E-state index is 14.2. The van der Waals surface area contributed by atoms with E-state index in [1.54, 1.807) is 13.8 Å². The molecule has 0 aromatic heterocycles. The fraction of sp³-hybridized carbons (Fsp3) is 0.438. The average Bonchev–Trinajstić information content (AvgIpc) is 3.23. The van der Waals surface area contributed by atoms with Crippen LogP contribution in [0, 0.1) is 11.6 Å². The molecule has 0 bridgehead atoms. The van der Waals surface area contributed by atoms with Gasteiger partial charge >= 0.3 is 0 Å². The molecule has 9 heteroatoms. The van der Waals surface area contributed by atoms with Gasteiger partial charge in [-0.2, -0.15) is 0 Å². The lowest BCUT2D eigenvalue weighted by Crippen LogP contribution is -2.37. The summed E-state index contributed by atoms with van der Waals surface area (Å²) in [5.74, 6) is -3.16. The molecule has 1 fully saturated rings. The first-order valence-electron chi connectivity index (χ1n) is 7.77. The number of halogens is 2. The molecule has 1 aliphatic carbocycles. The van der Waals surface area contributed by atoms with Crippen LogP contribution in [0.2, 0.25) is 0 Å². The number of carbonyl (C=O) groups excluding carboxylic acids is 1. The van der Waals surface area contributed by atoms with Crippen molar-refractivity contribution in [1.29, 1.82) is 0 Å². The van der Waals surface area contributed by atoms with Gasteiger partial charge in [0.25, 0.3) is 0 Å². The number of benzene rings is 1. The van der Waals surface area contributed by atoms with Crippen molar-refractivity contribution in [3.05, 3.63) is 46.5 Å². The monoisotopic (exact) mass is 372 g/mol. The normalized spacial score (nSPS) is 20.6. The van der Waals surface area contributed by atoms with E-state index < -0.39 is 48.8 Å². The van der Waals surface area contributed by atoms with E-state index in [-0.39, 0.29) is 6.04 Å². The van der Waals surface area contributed by atoms with E-state index in [9.17, 15) is 22.0 Å². The summed E-state index contributed by atoms with van der Waals surface area (Å²) in [5.41, 5.74) is 0.513. The van der Waals surface area contributed by atoms with Gasteiger partial charge in [-0.05, 0) is 44.9 Å². The summed E-state index contributed by atoms with van der Waals surface area (Å²) in [6.45, 7) is 3.21. The summed E-state index contributed by atoms with van der Waals surface area (Å²) in [5, 5.41) is 0.0670. The number of sulfone groups is 1. The average molecular weight is 372 g/mol. The Bertz CT molecular complexity index is 827. The van der Waals surface area contributed by atoms with Crippen molar-refractivity contribution in [2.24, 2.45) is 0 Å². The molecule has 0 radical (unpaired) electrons. The predicted molar refractivity (Wildman–Crippen MR) is 85.6 cm³/mol. The fourth-order valence-electron chi connectivity index (χ4n) is 2.52. The highest BCUT2D eigenvalue weighted by atomic mass is 32.2. The van der Waals surface area contributed by atoms with E-state index in [0.717, 1.165) is 18.2 Å². The molecule has 1 aromatic carbocycles. The molecule has 1 heterocycles. The molecule has 0 saturated heterocycles. The second kappa shape index (κ2) is 6.06. The van der Waals surface area contributed by atoms with Crippen molar-refractivity contribution in [3.8, 4) is 0 Å². The van der Waals surface area contributed by atoms with Crippen molar-refractivity contribution in [2.75, 3.05) is 0 Å². The molecule has 1 aliphatic heterocycles. The molecule has 1 atom stereocenters. The van der Waals surface area contributed by atoms with E-state index in [0.29, 0.717) is 12.8 Å². The Morgan fingerprint density at radius 1 is 1.32 bits per heavy atom. The lowest BCUT2D eigenvalue weighted by molar-refractivity contribution is -0.121. The van der Waals surface area contributed by atoms with Crippen LogP contribution in [0.4, 0.5) is 8.78 Å². The van der Waals surface area contributed by atoms with Crippen LogP contribution in [0.25, 0.3) is 0 Å². The number of hydrogen-bond acceptors (Lipinski definition) is 5. The minimum absolute atomic E-state index is 0.168. The Morgan fingerprint density at radius 2 is 1.92 bits per heavy atom. The molecule has 3 rings (SSSR count). The molecular formula is C16H18F2N2O4S. The summed E-state index contributed by atoms with van der Waals surface area (Å²) in [4.78, 5) is 17.7. The zero-order valence-electron chi connectivity index (χ0n) is 13.7. The second-order valence-corrected chi connectivity index (χ2v) is 8.66. The number of amides is 1. The van der Waals surface area contributed by atoms with Crippen molar-refractivity contribution in [1.82, 2.24) is 10.8 Å². The molecule has 25 heavy (non-hydrogen) atoms. The fourth-order valence-corrected chi connectivity index (χ4v) is 4.26. The van der Waals surface area contributed by atoms with Crippen LogP contribution in [-0.4, -0.2) is 26.0 Å². The first-order chi connectivity index (χ1) is 11.6. The Hall–Kier alpha value is -2.00. The number of carbonyl (C=O) groups is 1. The summed E-state index contributed by atoms with van der Waals surface area (Å²) in [6, 6.07) is 2.78. The third-order valence-corrected chi connectivity index (χ3v) is 5.82. The SMILES string of the molecule is CC1(C)C=C(S(=O)(=O)C(C(=O)NC2CC2)c2c(F)cccc2F)NO1. The zero-order chi connectivity index (χ0) is 18.4. The highest BCUT2D eigenvalue weighted by Crippen LogP contribution is 2.35. The van der Waals surface area contributed by atoms with Gasteiger partial charge in [0.15, 0.2) is 10.3 Å². The number of hydrogen-bond donors (Lipinski definition) is 2. The van der Waals surface area contributed by atoms with Crippen LogP contribution in [-0.2, 0) is 19.5 Å². The summed E-state index contributed by atoms with van der Waals surface area (Å²) in [7, 11) is -4.45. The van der Waals surface area contributed by atoms with Crippen LogP contribution in [0.15, 0.2) is 29.3 Å². The van der Waals surface area contributed by atoms with Crippen molar-refractivity contribution < 1.29 is 26.8 Å². The van der Waals surface area contributed by atoms with Gasteiger partial charge in [0, 0.05) is 6.04 Å². The second-order valence-electron chi connectivity index (χ2n) is 6.66. The number of hydroxylamine groups is 1. The Balaban J connectivity index is 2.09. The standard InChI is InChI=1S/C16H18F2N2O4S/c1-16(2)8-12(20-24-16)25(22,23)14(15(21)19-9-6-7-9)13-10(17)4-3-5-11(13)18/h3-5,8-9,14,20H,6-7H2,1-2H3,(H,19,21). The molecule has 1 amide bonds. The van der Waals surface area contributed by atoms with Gasteiger partial charge in [-0.25, -0.2) is 17.2 Å². The van der Waals surface area contributed by atoms with E-state index in [1.165, 1.54) is 6.08 Å². The molecule has 1 aromatic rings. The molecule has 1 unspecified atom stereocenters. The highest BCUT2D eigenvalue weighted by Gasteiger charge is 2.44. The third kappa shape index (κ3) is 3.52. The first kappa shape index (κ1) is 17.8. The molecule has 2 N–H and O–H groups in total. The van der Waals surface area contributed by atoms with Crippen LogP contribution < -0.4 is 10.8 Å². The van der Waals surface area contributed by atoms with Gasteiger partial charge in [0.1, 0.15) is 17.2 Å². The molecule has 1 saturated carbocycles. The molecule has 6 nitrogen and oxygen atoms in total. The zero-order valence-corrected chi connectivity index (χ0v) is 14.5. The molecule has 0 spiro atoms. The van der Waals surface area contributed by atoms with Gasteiger partial charge in [0.2, 0.25) is 15.7 Å². The Morgan fingerprint density at radius 3 is 2.40 bits per heavy atom. The molecule has 136 valence electrons. The lowest BCUT2D eigenvalue weighted by Gasteiger charge is -2.19. The summed E-state index contributed by atoms with van der Waals surface area (Å²) >= 11 is 0. The number of nitrogens with one attached hydrogen (secondary N) is 2. The first-order valence-corrected chi connectivity index (χ1v) is 9.31. The van der Waals surface area contributed by atoms with E-state index in [1.807, 2.05) is 0 Å². The minimum Gasteiger partial charge on any atom is -0.352 e. The van der Waals surface area contributed by atoms with Gasteiger partial charge in [-0.1, -0.05) is 6.07 Å². The lowest BCUT2D eigenvalue weighted by atomic mass is 10.1. The summed E-state index contributed by atoms with van der Waals surface area (Å²) < 4.78 is 54.4. The smallest absolute Gasteiger partial charge is 0.243 e. The van der Waals surface area contributed by atoms with Crippen molar-refractivity contribution >= 4 is 15.7 Å². The molecule has 2 aliphatic rings. The maximum atomic E-state index is 14.2. The van der Waals surface area contributed by atoms with Crippen LogP contribution in [0.3, 0.4) is 0 Å². The van der Waals surface area contributed by atoms with E-state index in [4.69, 9.17) is 4.84 Å². The van der Waals surface area contributed by atoms with Crippen LogP contribution in [0.1, 0.15) is 37.5 Å². The molecular weight excluding hydrogens is 354 g/mol. The van der Waals surface area contributed by atoms with Crippen LogP contribution in [0.5, 0.6) is 0 Å². The number of rotatable bonds is 5. The summed E-state index contributed by atoms with van der Waals surface area (Å²) in [6.07, 6.45) is 2.67. The van der Waals surface area contributed by atoms with Gasteiger partial charge < -0.3 is 5.32 Å². The van der Waals surface area contributed by atoms with Gasteiger partial charge in [0.05, 0.1) is 5.56 Å². The largest absolute Gasteiger partial charge is 0.352 e. The van der Waals surface area contributed by atoms with Gasteiger partial charge in [-0.3, -0.25) is 15.1 Å². The van der Waals surface area contributed by atoms with Crippen LogP contribution >= 0.6 is 0 Å². The topological polar surface area (TPSA) is 84.5 Å². The Labute approximate surface area is 144 Å². The van der Waals surface area contributed by atoms with Gasteiger partial charge in [-0.15, -0.1) is 0 Å². The quantitative estimate of drug-likeness (QED) is 0.824.